The molecule has 0 N–H and O–H groups in total. The van der Waals surface area contributed by atoms with Crippen LogP contribution in [-0.2, 0) is 0 Å². The lowest BCUT2D eigenvalue weighted by Gasteiger charge is -2.11. The fourth-order valence-electron chi connectivity index (χ4n) is 5.52. The lowest BCUT2D eigenvalue weighted by Crippen LogP contribution is -2.11. The molecule has 60 heavy (non-hydrogen) atoms. The quantitative estimate of drug-likeness (QED) is 0.0650. The zero-order valence-electron chi connectivity index (χ0n) is 33.9. The van der Waals surface area contributed by atoms with Crippen molar-refractivity contribution >= 4 is 23.9 Å². The zero-order chi connectivity index (χ0) is 42.4. The van der Waals surface area contributed by atoms with Crippen molar-refractivity contribution in [2.24, 2.45) is 11.8 Å². The monoisotopic (exact) mass is 806 g/mol. The standard InChI is InChI=1S/C50H46O10/c1-5-33(3)31-55-41-20-12-36(13-21-41)47(51)58-44-26-16-38(17-27-44)49(53)57-43-24-10-35(11-25-43)40-8-7-9-46(30-40)60-50(54)39-18-28-45(29-19-39)59-48(52)37-14-22-42(23-15-37)56-32-34(4)6-2/h7-30,33-34H,5-6,31-32H2,1-4H3/t33-,34-/m0/s1. The van der Waals surface area contributed by atoms with E-state index in [1.807, 2.05) is 6.07 Å². The van der Waals surface area contributed by atoms with Gasteiger partial charge in [-0.2, -0.15) is 0 Å². The van der Waals surface area contributed by atoms with E-state index in [2.05, 4.69) is 27.7 Å². The molecule has 6 aromatic rings. The summed E-state index contributed by atoms with van der Waals surface area (Å²) >= 11 is 0. The van der Waals surface area contributed by atoms with Crippen molar-refractivity contribution in [1.82, 2.24) is 0 Å². The maximum absolute atomic E-state index is 13.0. The number of hydrogen-bond acceptors (Lipinski definition) is 10. The van der Waals surface area contributed by atoms with Crippen molar-refractivity contribution in [1.29, 1.82) is 0 Å². The highest BCUT2D eigenvalue weighted by atomic mass is 16.5. The van der Waals surface area contributed by atoms with E-state index in [0.29, 0.717) is 59.2 Å². The van der Waals surface area contributed by atoms with E-state index in [0.717, 1.165) is 24.0 Å². The summed E-state index contributed by atoms with van der Waals surface area (Å²) in [4.78, 5) is 51.2. The maximum Gasteiger partial charge on any atom is 0.343 e. The maximum atomic E-state index is 13.0. The van der Waals surface area contributed by atoms with Gasteiger partial charge in [-0.05, 0) is 144 Å². The highest BCUT2D eigenvalue weighted by Crippen LogP contribution is 2.28. The van der Waals surface area contributed by atoms with Crippen LogP contribution in [0.1, 0.15) is 82.0 Å². The van der Waals surface area contributed by atoms with Gasteiger partial charge in [0.1, 0.15) is 34.5 Å². The van der Waals surface area contributed by atoms with Gasteiger partial charge in [-0.15, -0.1) is 0 Å². The molecule has 0 fully saturated rings. The van der Waals surface area contributed by atoms with Gasteiger partial charge in [0, 0.05) is 0 Å². The van der Waals surface area contributed by atoms with E-state index in [9.17, 15) is 19.2 Å². The number of hydrogen-bond donors (Lipinski definition) is 0. The van der Waals surface area contributed by atoms with Crippen molar-refractivity contribution in [3.05, 3.63) is 168 Å². The summed E-state index contributed by atoms with van der Waals surface area (Å²) in [7, 11) is 0. The Bertz CT molecular complexity index is 2370. The first-order valence-electron chi connectivity index (χ1n) is 19.8. The molecule has 0 aliphatic rings. The third-order valence-corrected chi connectivity index (χ3v) is 9.69. The second-order valence-corrected chi connectivity index (χ2v) is 14.4. The molecule has 10 heteroatoms. The molecular formula is C50H46O10. The molecule has 10 nitrogen and oxygen atoms in total. The first-order valence-corrected chi connectivity index (χ1v) is 19.8. The normalized spacial score (nSPS) is 11.7. The van der Waals surface area contributed by atoms with Gasteiger partial charge in [0.25, 0.3) is 0 Å². The number of ether oxygens (including phenoxy) is 6. The predicted octanol–water partition coefficient (Wildman–Crippen LogP) is 11.1. The van der Waals surface area contributed by atoms with Crippen LogP contribution in [0, 0.1) is 11.8 Å². The molecule has 0 bridgehead atoms. The summed E-state index contributed by atoms with van der Waals surface area (Å²) in [6.07, 6.45) is 2.04. The smallest absolute Gasteiger partial charge is 0.343 e. The SMILES string of the molecule is CC[C@H](C)COc1ccc(C(=O)Oc2ccc(C(=O)Oc3ccc(-c4cccc(OC(=O)c5ccc(OC(=O)c6ccc(OC[C@@H](C)CC)cc6)cc5)c4)cc3)cc2)cc1. The van der Waals surface area contributed by atoms with Gasteiger partial charge in [-0.1, -0.05) is 64.8 Å². The van der Waals surface area contributed by atoms with Gasteiger partial charge in [-0.3, -0.25) is 0 Å². The molecule has 0 unspecified atom stereocenters. The Morgan fingerprint density at radius 2 is 0.700 bits per heavy atom. The molecule has 6 rings (SSSR count). The van der Waals surface area contributed by atoms with Crippen LogP contribution in [0.4, 0.5) is 0 Å². The number of esters is 4. The van der Waals surface area contributed by atoms with Crippen LogP contribution in [0.5, 0.6) is 34.5 Å². The first-order chi connectivity index (χ1) is 29.1. The summed E-state index contributed by atoms with van der Waals surface area (Å²) < 4.78 is 33.7. The number of benzene rings is 6. The Hall–Kier alpha value is -7.20. The Balaban J connectivity index is 0.972. The summed E-state index contributed by atoms with van der Waals surface area (Å²) in [5.41, 5.74) is 2.86. The van der Waals surface area contributed by atoms with Crippen LogP contribution in [0.3, 0.4) is 0 Å². The van der Waals surface area contributed by atoms with Gasteiger partial charge < -0.3 is 28.4 Å². The number of carbonyl (C=O) groups excluding carboxylic acids is 4. The molecular weight excluding hydrogens is 761 g/mol. The van der Waals surface area contributed by atoms with Crippen molar-refractivity contribution in [3.63, 3.8) is 0 Å². The molecule has 0 aromatic heterocycles. The molecule has 6 aromatic carbocycles. The molecule has 2 atom stereocenters. The van der Waals surface area contributed by atoms with E-state index < -0.39 is 23.9 Å². The minimum Gasteiger partial charge on any atom is -0.493 e. The molecule has 0 aliphatic carbocycles. The average Bonchev–Trinajstić information content (AvgIpc) is 3.28. The largest absolute Gasteiger partial charge is 0.493 e. The van der Waals surface area contributed by atoms with E-state index in [-0.39, 0.29) is 22.6 Å². The summed E-state index contributed by atoms with van der Waals surface area (Å²) in [6.45, 7) is 9.64. The Morgan fingerprint density at radius 1 is 0.383 bits per heavy atom. The lowest BCUT2D eigenvalue weighted by molar-refractivity contribution is 0.0720. The Labute approximate surface area is 349 Å². The van der Waals surface area contributed by atoms with Gasteiger partial charge in [-0.25, -0.2) is 19.2 Å². The first kappa shape index (κ1) is 42.4. The molecule has 0 aliphatic heterocycles. The lowest BCUT2D eigenvalue weighted by atomic mass is 10.1. The van der Waals surface area contributed by atoms with Gasteiger partial charge >= 0.3 is 23.9 Å². The van der Waals surface area contributed by atoms with Crippen molar-refractivity contribution in [2.45, 2.75) is 40.5 Å². The van der Waals surface area contributed by atoms with Crippen LogP contribution in [-0.4, -0.2) is 37.1 Å². The second-order valence-electron chi connectivity index (χ2n) is 14.4. The molecule has 0 saturated carbocycles. The van der Waals surface area contributed by atoms with Crippen LogP contribution < -0.4 is 28.4 Å². The molecule has 306 valence electrons. The van der Waals surface area contributed by atoms with Gasteiger partial charge in [0.05, 0.1) is 35.5 Å². The minimum atomic E-state index is -0.584. The third-order valence-electron chi connectivity index (χ3n) is 9.69. The van der Waals surface area contributed by atoms with Gasteiger partial charge in [0.2, 0.25) is 0 Å². The van der Waals surface area contributed by atoms with E-state index in [1.165, 1.54) is 48.5 Å². The topological polar surface area (TPSA) is 124 Å². The van der Waals surface area contributed by atoms with E-state index in [1.54, 1.807) is 91.0 Å². The van der Waals surface area contributed by atoms with Crippen LogP contribution >= 0.6 is 0 Å². The highest BCUT2D eigenvalue weighted by Gasteiger charge is 2.15. The molecule has 0 spiro atoms. The highest BCUT2D eigenvalue weighted by molar-refractivity contribution is 5.94. The van der Waals surface area contributed by atoms with Crippen molar-refractivity contribution < 1.29 is 47.6 Å². The van der Waals surface area contributed by atoms with Crippen LogP contribution in [0.25, 0.3) is 11.1 Å². The number of carbonyl (C=O) groups is 4. The summed E-state index contributed by atoms with van der Waals surface area (Å²) in [6, 6.07) is 39.7. The Kier molecular flexibility index (Phi) is 14.5. The zero-order valence-corrected chi connectivity index (χ0v) is 33.9. The molecule has 0 saturated heterocycles. The van der Waals surface area contributed by atoms with Crippen molar-refractivity contribution in [3.8, 4) is 45.6 Å². The predicted molar refractivity (Wildman–Crippen MR) is 227 cm³/mol. The summed E-state index contributed by atoms with van der Waals surface area (Å²) in [5.74, 6) is 1.22. The number of rotatable bonds is 17. The fourth-order valence-corrected chi connectivity index (χ4v) is 5.52. The van der Waals surface area contributed by atoms with Crippen LogP contribution in [0.2, 0.25) is 0 Å². The van der Waals surface area contributed by atoms with Crippen LogP contribution in [0.15, 0.2) is 146 Å². The van der Waals surface area contributed by atoms with Gasteiger partial charge in [0.15, 0.2) is 0 Å². The molecule has 0 amide bonds. The summed E-state index contributed by atoms with van der Waals surface area (Å²) in [5, 5.41) is 0. The second kappa shape index (κ2) is 20.5. The fraction of sp³-hybridized carbons (Fsp3) is 0.200. The van der Waals surface area contributed by atoms with E-state index >= 15 is 0 Å². The average molecular weight is 807 g/mol. The molecule has 0 heterocycles. The minimum absolute atomic E-state index is 0.272. The third kappa shape index (κ3) is 11.9. The van der Waals surface area contributed by atoms with Crippen molar-refractivity contribution in [2.75, 3.05) is 13.2 Å². The molecule has 0 radical (unpaired) electrons. The Morgan fingerprint density at radius 3 is 1.05 bits per heavy atom. The van der Waals surface area contributed by atoms with E-state index in [4.69, 9.17) is 28.4 Å².